The first-order chi connectivity index (χ1) is 15.9. The standard InChI is InChI=1S/C22H34N6O2.CO2/c1-4-5-6-13-7-15(8-13)24-10-14-9-16(19-18(14)29-22(2,3)30-19)28-12-27-17-20(23)25-11-26-21(17)28;2-1-3/h11-16,18-19,24H,4-10H2,1-3H3,(H2,23,25,26);/t13?,14-,15?,16-,18-,19+;/m1./s1. The van der Waals surface area contributed by atoms with Crippen molar-refractivity contribution in [3.8, 4) is 0 Å². The number of unbranched alkanes of at least 4 members (excludes halogenated alkanes) is 1. The Bertz CT molecular complexity index is 982. The molecule has 10 heteroatoms. The third-order valence-electron chi connectivity index (χ3n) is 7.17. The summed E-state index contributed by atoms with van der Waals surface area (Å²) in [5, 5.41) is 3.81. The molecule has 180 valence electrons. The molecule has 0 amide bonds. The topological polar surface area (TPSA) is 134 Å². The van der Waals surface area contributed by atoms with Gasteiger partial charge in [0.1, 0.15) is 17.9 Å². The van der Waals surface area contributed by atoms with Gasteiger partial charge in [0.05, 0.1) is 18.5 Å². The van der Waals surface area contributed by atoms with Crippen molar-refractivity contribution in [2.24, 2.45) is 11.8 Å². The van der Waals surface area contributed by atoms with Gasteiger partial charge in [0.25, 0.3) is 0 Å². The monoisotopic (exact) mass is 458 g/mol. The van der Waals surface area contributed by atoms with Crippen LogP contribution in [0.1, 0.15) is 65.3 Å². The predicted octanol–water partition coefficient (Wildman–Crippen LogP) is 2.46. The molecule has 3 aliphatic rings. The maximum atomic E-state index is 8.12. The van der Waals surface area contributed by atoms with Gasteiger partial charge >= 0.3 is 6.15 Å². The van der Waals surface area contributed by atoms with Crippen LogP contribution in [0.3, 0.4) is 0 Å². The van der Waals surface area contributed by atoms with Gasteiger partial charge in [-0.15, -0.1) is 0 Å². The molecule has 3 fully saturated rings. The average molecular weight is 459 g/mol. The maximum Gasteiger partial charge on any atom is 0.373 e. The first kappa shape index (κ1) is 23.8. The molecule has 2 aromatic rings. The summed E-state index contributed by atoms with van der Waals surface area (Å²) in [6.45, 7) is 7.25. The van der Waals surface area contributed by atoms with Crippen molar-refractivity contribution in [1.82, 2.24) is 24.8 Å². The lowest BCUT2D eigenvalue weighted by Crippen LogP contribution is -2.44. The Hall–Kier alpha value is -2.39. The number of nitrogens with zero attached hydrogens (tertiary/aromatic N) is 4. The number of nitrogens with two attached hydrogens (primary N) is 1. The zero-order chi connectivity index (χ0) is 23.6. The normalized spacial score (nSPS) is 32.0. The molecule has 1 saturated heterocycles. The number of aromatic nitrogens is 4. The van der Waals surface area contributed by atoms with E-state index in [1.54, 1.807) is 0 Å². The van der Waals surface area contributed by atoms with E-state index in [1.807, 2.05) is 20.2 Å². The summed E-state index contributed by atoms with van der Waals surface area (Å²) in [4.78, 5) is 29.2. The van der Waals surface area contributed by atoms with Crippen LogP contribution < -0.4 is 11.1 Å². The smallest absolute Gasteiger partial charge is 0.373 e. The second kappa shape index (κ2) is 9.85. The highest BCUT2D eigenvalue weighted by atomic mass is 16.8. The summed E-state index contributed by atoms with van der Waals surface area (Å²) in [6, 6.07) is 0.780. The molecule has 1 aliphatic heterocycles. The summed E-state index contributed by atoms with van der Waals surface area (Å²) in [5.41, 5.74) is 7.42. The molecule has 0 radical (unpaired) electrons. The molecular weight excluding hydrogens is 424 g/mol. The van der Waals surface area contributed by atoms with Crippen LogP contribution in [0.5, 0.6) is 0 Å². The molecule has 2 aliphatic carbocycles. The molecule has 4 atom stereocenters. The molecule has 33 heavy (non-hydrogen) atoms. The van der Waals surface area contributed by atoms with E-state index in [1.165, 1.54) is 38.4 Å². The molecule has 0 unspecified atom stereocenters. The second-order valence-electron chi connectivity index (χ2n) is 9.88. The summed E-state index contributed by atoms with van der Waals surface area (Å²) in [7, 11) is 0. The maximum absolute atomic E-state index is 8.12. The van der Waals surface area contributed by atoms with Crippen LogP contribution in [-0.2, 0) is 19.1 Å². The van der Waals surface area contributed by atoms with Crippen LogP contribution in [0.2, 0.25) is 0 Å². The second-order valence-corrected chi connectivity index (χ2v) is 9.88. The number of carbonyl (C=O) groups excluding carboxylic acids is 2. The third-order valence-corrected chi connectivity index (χ3v) is 7.17. The van der Waals surface area contributed by atoms with E-state index < -0.39 is 5.79 Å². The van der Waals surface area contributed by atoms with Gasteiger partial charge in [-0.3, -0.25) is 0 Å². The average Bonchev–Trinajstić information content (AvgIpc) is 3.39. The van der Waals surface area contributed by atoms with Crippen molar-refractivity contribution in [3.05, 3.63) is 12.7 Å². The van der Waals surface area contributed by atoms with Gasteiger partial charge in [-0.25, -0.2) is 15.0 Å². The molecule has 3 heterocycles. The van der Waals surface area contributed by atoms with E-state index in [-0.39, 0.29) is 24.4 Å². The molecule has 0 spiro atoms. The number of fused-ring (bicyclic) bond motifs is 2. The number of nitrogens with one attached hydrogen (secondary N) is 1. The highest BCUT2D eigenvalue weighted by Gasteiger charge is 2.54. The Labute approximate surface area is 193 Å². The Morgan fingerprint density at radius 3 is 2.64 bits per heavy atom. The van der Waals surface area contributed by atoms with Crippen molar-refractivity contribution in [2.75, 3.05) is 12.3 Å². The number of rotatable bonds is 7. The fourth-order valence-corrected chi connectivity index (χ4v) is 5.59. The van der Waals surface area contributed by atoms with Crippen LogP contribution >= 0.6 is 0 Å². The van der Waals surface area contributed by atoms with E-state index in [9.17, 15) is 0 Å². The lowest BCUT2D eigenvalue weighted by Gasteiger charge is -2.37. The van der Waals surface area contributed by atoms with E-state index in [2.05, 4.69) is 31.8 Å². The predicted molar refractivity (Wildman–Crippen MR) is 120 cm³/mol. The zero-order valence-corrected chi connectivity index (χ0v) is 19.6. The zero-order valence-electron chi connectivity index (χ0n) is 19.6. The molecule has 0 aromatic carbocycles. The van der Waals surface area contributed by atoms with Crippen LogP contribution in [0.15, 0.2) is 12.7 Å². The van der Waals surface area contributed by atoms with Crippen molar-refractivity contribution < 1.29 is 19.1 Å². The number of hydrogen-bond donors (Lipinski definition) is 2. The molecule has 2 saturated carbocycles. The minimum Gasteiger partial charge on any atom is -0.382 e. The number of imidazole rings is 1. The summed E-state index contributed by atoms with van der Waals surface area (Å²) in [6.07, 6.45) is 11.3. The molecule has 0 bridgehead atoms. The Morgan fingerprint density at radius 2 is 1.91 bits per heavy atom. The molecule has 5 rings (SSSR count). The number of ether oxygens (including phenoxy) is 2. The van der Waals surface area contributed by atoms with E-state index >= 15 is 0 Å². The van der Waals surface area contributed by atoms with E-state index in [0.29, 0.717) is 23.3 Å². The lowest BCUT2D eigenvalue weighted by atomic mass is 9.77. The molecule has 2 aromatic heterocycles. The SMILES string of the molecule is CCCCC1CC(NC[C@H]2C[C@@H](n3cnc4c(N)ncnc43)[C@@H]3OC(C)(C)O[C@H]23)C1.O=C=O. The van der Waals surface area contributed by atoms with Crippen LogP contribution in [0.25, 0.3) is 11.2 Å². The van der Waals surface area contributed by atoms with Crippen molar-refractivity contribution in [2.45, 2.75) is 89.4 Å². The minimum absolute atomic E-state index is 0.0147. The minimum atomic E-state index is -0.571. The molecule has 3 N–H and O–H groups in total. The Morgan fingerprint density at radius 1 is 1.18 bits per heavy atom. The van der Waals surface area contributed by atoms with Crippen molar-refractivity contribution >= 4 is 23.1 Å². The summed E-state index contributed by atoms with van der Waals surface area (Å²) >= 11 is 0. The van der Waals surface area contributed by atoms with Gasteiger partial charge in [-0.1, -0.05) is 26.2 Å². The van der Waals surface area contributed by atoms with Gasteiger partial charge in [0.2, 0.25) is 0 Å². The van der Waals surface area contributed by atoms with Crippen LogP contribution in [-0.4, -0.2) is 56.3 Å². The fraction of sp³-hybridized carbons (Fsp3) is 0.739. The molecule has 10 nitrogen and oxygen atoms in total. The fourth-order valence-electron chi connectivity index (χ4n) is 5.59. The lowest BCUT2D eigenvalue weighted by molar-refractivity contribution is -0.191. The van der Waals surface area contributed by atoms with E-state index in [4.69, 9.17) is 24.8 Å². The summed E-state index contributed by atoms with van der Waals surface area (Å²) < 4.78 is 14.8. The highest BCUT2D eigenvalue weighted by Crippen LogP contribution is 2.47. The van der Waals surface area contributed by atoms with Gasteiger partial charge < -0.3 is 25.1 Å². The number of nitrogen functional groups attached to an aromatic ring is 1. The van der Waals surface area contributed by atoms with Crippen molar-refractivity contribution in [1.29, 1.82) is 0 Å². The Balaban J connectivity index is 0.000000821. The first-order valence-corrected chi connectivity index (χ1v) is 11.9. The number of hydrogen-bond acceptors (Lipinski definition) is 9. The largest absolute Gasteiger partial charge is 0.382 e. The van der Waals surface area contributed by atoms with Gasteiger partial charge in [0, 0.05) is 18.5 Å². The van der Waals surface area contributed by atoms with Gasteiger partial charge in [-0.2, -0.15) is 9.59 Å². The van der Waals surface area contributed by atoms with Crippen LogP contribution in [0, 0.1) is 11.8 Å². The van der Waals surface area contributed by atoms with Crippen LogP contribution in [0.4, 0.5) is 5.82 Å². The molecular formula is C23H34N6O4. The summed E-state index contributed by atoms with van der Waals surface area (Å²) in [5.74, 6) is 1.16. The number of anilines is 1. The third kappa shape index (κ3) is 4.94. The first-order valence-electron chi connectivity index (χ1n) is 11.9. The van der Waals surface area contributed by atoms with Gasteiger partial charge in [-0.05, 0) is 39.0 Å². The van der Waals surface area contributed by atoms with Crippen molar-refractivity contribution in [3.63, 3.8) is 0 Å². The quantitative estimate of drug-likeness (QED) is 0.641. The van der Waals surface area contributed by atoms with E-state index in [0.717, 1.165) is 24.5 Å². The highest BCUT2D eigenvalue weighted by molar-refractivity contribution is 5.81. The van der Waals surface area contributed by atoms with Gasteiger partial charge in [0.15, 0.2) is 17.3 Å². The Kier molecular flexibility index (Phi) is 7.09.